The fourth-order valence-corrected chi connectivity index (χ4v) is 4.53. The Labute approximate surface area is 177 Å². The lowest BCUT2D eigenvalue weighted by atomic mass is 10.1. The number of piperazine rings is 1. The highest BCUT2D eigenvalue weighted by Crippen LogP contribution is 2.13. The maximum Gasteiger partial charge on any atom is 0.225 e. The van der Waals surface area contributed by atoms with Crippen LogP contribution in [0.25, 0.3) is 0 Å². The summed E-state index contributed by atoms with van der Waals surface area (Å²) in [6.07, 6.45) is 3.53. The molecule has 1 N–H and O–H groups in total. The molecule has 0 atom stereocenters. The van der Waals surface area contributed by atoms with E-state index in [1.807, 2.05) is 36.1 Å². The SMILES string of the molecule is CCOc1ccc(CC(=O)NCCS(=O)(=O)N2CCN(c3ncccn3)CC2)cc1. The molecule has 1 aromatic carbocycles. The van der Waals surface area contributed by atoms with Crippen LogP contribution >= 0.6 is 0 Å². The topological polar surface area (TPSA) is 105 Å². The number of hydrogen-bond donors (Lipinski definition) is 1. The molecular formula is C20H27N5O4S. The summed E-state index contributed by atoms with van der Waals surface area (Å²) in [6, 6.07) is 9.04. The summed E-state index contributed by atoms with van der Waals surface area (Å²) in [7, 11) is -3.43. The molecular weight excluding hydrogens is 406 g/mol. The molecule has 2 heterocycles. The Morgan fingerprint density at radius 1 is 1.10 bits per heavy atom. The van der Waals surface area contributed by atoms with Gasteiger partial charge >= 0.3 is 0 Å². The molecule has 10 heteroatoms. The number of carbonyl (C=O) groups excluding carboxylic acids is 1. The van der Waals surface area contributed by atoms with Crippen molar-refractivity contribution in [3.8, 4) is 5.75 Å². The summed E-state index contributed by atoms with van der Waals surface area (Å²) in [4.78, 5) is 22.5. The van der Waals surface area contributed by atoms with Crippen molar-refractivity contribution in [2.75, 3.05) is 50.0 Å². The Balaban J connectivity index is 1.41. The number of amides is 1. The number of sulfonamides is 1. The number of anilines is 1. The van der Waals surface area contributed by atoms with Gasteiger partial charge in [-0.1, -0.05) is 12.1 Å². The largest absolute Gasteiger partial charge is 0.494 e. The van der Waals surface area contributed by atoms with Gasteiger partial charge in [-0.05, 0) is 30.7 Å². The van der Waals surface area contributed by atoms with Crippen molar-refractivity contribution in [1.82, 2.24) is 19.6 Å². The van der Waals surface area contributed by atoms with Crippen molar-refractivity contribution in [2.24, 2.45) is 0 Å². The first-order valence-electron chi connectivity index (χ1n) is 9.96. The molecule has 1 saturated heterocycles. The third kappa shape index (κ3) is 6.14. The van der Waals surface area contributed by atoms with Gasteiger partial charge in [0.25, 0.3) is 0 Å². The van der Waals surface area contributed by atoms with E-state index in [4.69, 9.17) is 4.74 Å². The average Bonchev–Trinajstić information content (AvgIpc) is 2.76. The average molecular weight is 434 g/mol. The lowest BCUT2D eigenvalue weighted by molar-refractivity contribution is -0.120. The maximum absolute atomic E-state index is 12.6. The number of nitrogens with one attached hydrogen (secondary N) is 1. The second-order valence-corrected chi connectivity index (χ2v) is 8.94. The lowest BCUT2D eigenvalue weighted by Crippen LogP contribution is -2.50. The molecule has 9 nitrogen and oxygen atoms in total. The molecule has 30 heavy (non-hydrogen) atoms. The van der Waals surface area contributed by atoms with Crippen LogP contribution in [0.1, 0.15) is 12.5 Å². The van der Waals surface area contributed by atoms with E-state index in [1.165, 1.54) is 4.31 Å². The first-order chi connectivity index (χ1) is 14.5. The third-order valence-electron chi connectivity index (χ3n) is 4.75. The van der Waals surface area contributed by atoms with Crippen LogP contribution in [0.5, 0.6) is 5.75 Å². The molecule has 0 bridgehead atoms. The zero-order valence-electron chi connectivity index (χ0n) is 17.0. The number of aromatic nitrogens is 2. The fraction of sp³-hybridized carbons (Fsp3) is 0.450. The van der Waals surface area contributed by atoms with E-state index in [-0.39, 0.29) is 24.6 Å². The minimum absolute atomic E-state index is 0.0835. The first kappa shape index (κ1) is 22.0. The van der Waals surface area contributed by atoms with Gasteiger partial charge in [0.05, 0.1) is 18.8 Å². The zero-order valence-corrected chi connectivity index (χ0v) is 17.8. The van der Waals surface area contributed by atoms with Crippen molar-refractivity contribution < 1.29 is 17.9 Å². The van der Waals surface area contributed by atoms with Crippen LogP contribution in [0, 0.1) is 0 Å². The molecule has 162 valence electrons. The van der Waals surface area contributed by atoms with Gasteiger partial charge in [-0.3, -0.25) is 4.79 Å². The highest BCUT2D eigenvalue weighted by Gasteiger charge is 2.27. The van der Waals surface area contributed by atoms with Crippen LogP contribution in [0.3, 0.4) is 0 Å². The van der Waals surface area contributed by atoms with E-state index < -0.39 is 10.0 Å². The molecule has 3 rings (SSSR count). The highest BCUT2D eigenvalue weighted by molar-refractivity contribution is 7.89. The lowest BCUT2D eigenvalue weighted by Gasteiger charge is -2.33. The summed E-state index contributed by atoms with van der Waals surface area (Å²) in [6.45, 7) is 4.40. The van der Waals surface area contributed by atoms with Gasteiger partial charge in [-0.2, -0.15) is 4.31 Å². The first-order valence-corrected chi connectivity index (χ1v) is 11.6. The molecule has 0 aliphatic carbocycles. The fourth-order valence-electron chi connectivity index (χ4n) is 3.19. The number of rotatable bonds is 9. The van der Waals surface area contributed by atoms with Crippen molar-refractivity contribution in [1.29, 1.82) is 0 Å². The van der Waals surface area contributed by atoms with Gasteiger partial charge in [0, 0.05) is 45.1 Å². The molecule has 0 radical (unpaired) electrons. The molecule has 1 aliphatic heterocycles. The molecule has 0 spiro atoms. The van der Waals surface area contributed by atoms with E-state index >= 15 is 0 Å². The normalized spacial score (nSPS) is 15.0. The number of hydrogen-bond acceptors (Lipinski definition) is 7. The maximum atomic E-state index is 12.6. The van der Waals surface area contributed by atoms with E-state index in [0.717, 1.165) is 11.3 Å². The molecule has 2 aromatic rings. The van der Waals surface area contributed by atoms with Crippen LogP contribution in [0.2, 0.25) is 0 Å². The van der Waals surface area contributed by atoms with Crippen LogP contribution < -0.4 is 15.0 Å². The van der Waals surface area contributed by atoms with E-state index in [2.05, 4.69) is 15.3 Å². The molecule has 1 aromatic heterocycles. The monoisotopic (exact) mass is 433 g/mol. The summed E-state index contributed by atoms with van der Waals surface area (Å²) >= 11 is 0. The Bertz CT molecular complexity index is 914. The quantitative estimate of drug-likeness (QED) is 0.620. The van der Waals surface area contributed by atoms with Crippen molar-refractivity contribution in [2.45, 2.75) is 13.3 Å². The Morgan fingerprint density at radius 2 is 1.77 bits per heavy atom. The van der Waals surface area contributed by atoms with Gasteiger partial charge in [0.15, 0.2) is 0 Å². The van der Waals surface area contributed by atoms with Crippen molar-refractivity contribution in [3.05, 3.63) is 48.3 Å². The third-order valence-corrected chi connectivity index (χ3v) is 6.62. The number of benzene rings is 1. The minimum atomic E-state index is -3.43. The van der Waals surface area contributed by atoms with Gasteiger partial charge < -0.3 is 15.0 Å². The zero-order chi connectivity index (χ0) is 21.4. The predicted molar refractivity (Wildman–Crippen MR) is 114 cm³/mol. The summed E-state index contributed by atoms with van der Waals surface area (Å²) < 4.78 is 32.0. The molecule has 0 saturated carbocycles. The summed E-state index contributed by atoms with van der Waals surface area (Å²) in [5.74, 6) is 1.03. The number of nitrogens with zero attached hydrogens (tertiary/aromatic N) is 4. The van der Waals surface area contributed by atoms with Crippen LogP contribution in [0.4, 0.5) is 5.95 Å². The molecule has 1 fully saturated rings. The molecule has 1 aliphatic rings. The predicted octanol–water partition coefficient (Wildman–Crippen LogP) is 0.686. The summed E-state index contributed by atoms with van der Waals surface area (Å²) in [5, 5.41) is 2.69. The van der Waals surface area contributed by atoms with E-state index in [1.54, 1.807) is 18.5 Å². The molecule has 0 unspecified atom stereocenters. The van der Waals surface area contributed by atoms with Crippen LogP contribution in [-0.2, 0) is 21.2 Å². The number of ether oxygens (including phenoxy) is 1. The van der Waals surface area contributed by atoms with E-state index in [9.17, 15) is 13.2 Å². The van der Waals surface area contributed by atoms with Crippen LogP contribution in [0.15, 0.2) is 42.7 Å². The van der Waals surface area contributed by atoms with Gasteiger partial charge in [0.1, 0.15) is 5.75 Å². The van der Waals surface area contributed by atoms with Crippen molar-refractivity contribution in [3.63, 3.8) is 0 Å². The smallest absolute Gasteiger partial charge is 0.225 e. The Hall–Kier alpha value is -2.72. The van der Waals surface area contributed by atoms with Gasteiger partial charge in [-0.15, -0.1) is 0 Å². The minimum Gasteiger partial charge on any atom is -0.494 e. The number of carbonyl (C=O) groups is 1. The highest BCUT2D eigenvalue weighted by atomic mass is 32.2. The standard InChI is InChI=1S/C20H27N5O4S/c1-2-29-18-6-4-17(5-7-18)16-19(26)21-10-15-30(27,28)25-13-11-24(12-14-25)20-22-8-3-9-23-20/h3-9H,2,10-16H2,1H3,(H,21,26). The Morgan fingerprint density at radius 3 is 2.40 bits per heavy atom. The van der Waals surface area contributed by atoms with Gasteiger partial charge in [-0.25, -0.2) is 18.4 Å². The van der Waals surface area contributed by atoms with E-state index in [0.29, 0.717) is 38.7 Å². The van der Waals surface area contributed by atoms with Crippen LogP contribution in [-0.4, -0.2) is 73.7 Å². The Kier molecular flexibility index (Phi) is 7.58. The molecule has 1 amide bonds. The second-order valence-electron chi connectivity index (χ2n) is 6.85. The second kappa shape index (κ2) is 10.4. The summed E-state index contributed by atoms with van der Waals surface area (Å²) in [5.41, 5.74) is 0.845. The van der Waals surface area contributed by atoms with Crippen molar-refractivity contribution >= 4 is 21.9 Å². The van der Waals surface area contributed by atoms with Gasteiger partial charge in [0.2, 0.25) is 21.9 Å².